The first kappa shape index (κ1) is 12.5. The Morgan fingerprint density at radius 1 is 0.947 bits per heavy atom. The Balaban J connectivity index is 2.38. The molecule has 0 aromatic heterocycles. The van der Waals surface area contributed by atoms with Crippen LogP contribution in [0.15, 0.2) is 53.0 Å². The molecule has 0 bridgehead atoms. The van der Waals surface area contributed by atoms with Crippen molar-refractivity contribution < 1.29 is 14.7 Å². The summed E-state index contributed by atoms with van der Waals surface area (Å²) in [7, 11) is -1.83. The summed E-state index contributed by atoms with van der Waals surface area (Å²) in [6.07, 6.45) is 0. The molecular formula is C14H10BBrO3. The molecule has 0 fully saturated rings. The van der Waals surface area contributed by atoms with Crippen LogP contribution in [0.2, 0.25) is 0 Å². The van der Waals surface area contributed by atoms with E-state index >= 15 is 0 Å². The SMILES string of the molecule is OB(O)Oc1cccc2cc3ccccc3c(Br)c12. The molecule has 3 aromatic carbocycles. The molecule has 0 saturated heterocycles. The van der Waals surface area contributed by atoms with Crippen LogP contribution in [0.5, 0.6) is 5.75 Å². The third-order valence-corrected chi connectivity index (χ3v) is 3.84. The molecule has 0 amide bonds. The van der Waals surface area contributed by atoms with Gasteiger partial charge in [-0.15, -0.1) is 0 Å². The molecule has 2 N–H and O–H groups in total. The number of benzene rings is 3. The second-order valence-corrected chi connectivity index (χ2v) is 5.00. The van der Waals surface area contributed by atoms with Gasteiger partial charge < -0.3 is 14.7 Å². The van der Waals surface area contributed by atoms with E-state index in [2.05, 4.69) is 15.9 Å². The summed E-state index contributed by atoms with van der Waals surface area (Å²) < 4.78 is 5.92. The number of hydrogen-bond donors (Lipinski definition) is 2. The minimum Gasteiger partial charge on any atom is -0.511 e. The van der Waals surface area contributed by atoms with Crippen LogP contribution in [0.3, 0.4) is 0 Å². The summed E-state index contributed by atoms with van der Waals surface area (Å²) in [6.45, 7) is 0. The molecule has 0 atom stereocenters. The van der Waals surface area contributed by atoms with Crippen LogP contribution >= 0.6 is 15.9 Å². The first-order chi connectivity index (χ1) is 9.16. The molecule has 3 nitrogen and oxygen atoms in total. The molecule has 19 heavy (non-hydrogen) atoms. The molecule has 0 spiro atoms. The number of fused-ring (bicyclic) bond motifs is 2. The lowest BCUT2D eigenvalue weighted by Gasteiger charge is -2.12. The van der Waals surface area contributed by atoms with Crippen molar-refractivity contribution in [1.29, 1.82) is 0 Å². The summed E-state index contributed by atoms with van der Waals surface area (Å²) in [6, 6.07) is 15.5. The average molecular weight is 317 g/mol. The van der Waals surface area contributed by atoms with Gasteiger partial charge >= 0.3 is 7.32 Å². The Morgan fingerprint density at radius 2 is 1.68 bits per heavy atom. The fourth-order valence-electron chi connectivity index (χ4n) is 2.24. The predicted octanol–water partition coefficient (Wildman–Crippen LogP) is 3.10. The topological polar surface area (TPSA) is 49.7 Å². The molecule has 0 unspecified atom stereocenters. The summed E-state index contributed by atoms with van der Waals surface area (Å²) in [5.41, 5.74) is 0. The van der Waals surface area contributed by atoms with Gasteiger partial charge in [0, 0.05) is 9.86 Å². The molecule has 3 aromatic rings. The fourth-order valence-corrected chi connectivity index (χ4v) is 3.03. The maximum atomic E-state index is 8.99. The molecule has 3 rings (SSSR count). The van der Waals surface area contributed by atoms with E-state index in [1.807, 2.05) is 42.5 Å². The van der Waals surface area contributed by atoms with Gasteiger partial charge in [0.1, 0.15) is 5.75 Å². The highest BCUT2D eigenvalue weighted by molar-refractivity contribution is 9.10. The quantitative estimate of drug-likeness (QED) is 0.564. The van der Waals surface area contributed by atoms with Crippen molar-refractivity contribution in [3.05, 3.63) is 53.0 Å². The van der Waals surface area contributed by atoms with Crippen molar-refractivity contribution >= 4 is 44.8 Å². The largest absolute Gasteiger partial charge is 0.707 e. The maximum Gasteiger partial charge on any atom is 0.707 e. The monoisotopic (exact) mass is 316 g/mol. The minimum atomic E-state index is -1.83. The van der Waals surface area contributed by atoms with Gasteiger partial charge in [-0.3, -0.25) is 0 Å². The highest BCUT2D eigenvalue weighted by atomic mass is 79.9. The third kappa shape index (κ3) is 2.21. The van der Waals surface area contributed by atoms with E-state index in [4.69, 9.17) is 14.7 Å². The summed E-state index contributed by atoms with van der Waals surface area (Å²) in [5.74, 6) is 0.435. The van der Waals surface area contributed by atoms with E-state index in [0.29, 0.717) is 5.75 Å². The summed E-state index contributed by atoms with van der Waals surface area (Å²) >= 11 is 3.58. The summed E-state index contributed by atoms with van der Waals surface area (Å²) in [4.78, 5) is 0. The fraction of sp³-hybridized carbons (Fsp3) is 0. The van der Waals surface area contributed by atoms with Crippen molar-refractivity contribution in [1.82, 2.24) is 0 Å². The van der Waals surface area contributed by atoms with E-state index in [1.54, 1.807) is 6.07 Å². The maximum absolute atomic E-state index is 8.99. The van der Waals surface area contributed by atoms with E-state index < -0.39 is 7.32 Å². The van der Waals surface area contributed by atoms with Crippen LogP contribution < -0.4 is 4.65 Å². The molecule has 94 valence electrons. The Morgan fingerprint density at radius 3 is 2.47 bits per heavy atom. The lowest BCUT2D eigenvalue weighted by molar-refractivity contribution is 0.289. The van der Waals surface area contributed by atoms with Crippen molar-refractivity contribution in [2.24, 2.45) is 0 Å². The molecule has 0 saturated carbocycles. The number of rotatable bonds is 2. The zero-order chi connectivity index (χ0) is 13.4. The van der Waals surface area contributed by atoms with Crippen LogP contribution in [-0.4, -0.2) is 17.4 Å². The Hall–Kier alpha value is -1.56. The molecule has 0 radical (unpaired) electrons. The van der Waals surface area contributed by atoms with E-state index in [9.17, 15) is 0 Å². The second kappa shape index (κ2) is 4.85. The van der Waals surface area contributed by atoms with Gasteiger partial charge in [0.05, 0.1) is 0 Å². The molecule has 0 aliphatic heterocycles. The molecule has 0 heterocycles. The van der Waals surface area contributed by atoms with Crippen LogP contribution in [-0.2, 0) is 0 Å². The zero-order valence-corrected chi connectivity index (χ0v) is 11.5. The standard InChI is InChI=1S/C14H10BBrO3/c16-14-11-6-2-1-4-9(11)8-10-5-3-7-12(13(10)14)19-15(17)18/h1-8,17-18H. The van der Waals surface area contributed by atoms with E-state index in [-0.39, 0.29) is 0 Å². The van der Waals surface area contributed by atoms with Gasteiger partial charge in [-0.05, 0) is 44.2 Å². The van der Waals surface area contributed by atoms with Crippen molar-refractivity contribution in [3.8, 4) is 5.75 Å². The van der Waals surface area contributed by atoms with Gasteiger partial charge in [-0.25, -0.2) is 0 Å². The van der Waals surface area contributed by atoms with E-state index in [0.717, 1.165) is 26.0 Å². The normalized spacial score (nSPS) is 10.9. The number of halogens is 1. The smallest absolute Gasteiger partial charge is 0.511 e. The second-order valence-electron chi connectivity index (χ2n) is 4.21. The van der Waals surface area contributed by atoms with Gasteiger partial charge in [0.2, 0.25) is 0 Å². The van der Waals surface area contributed by atoms with Crippen molar-refractivity contribution in [2.45, 2.75) is 0 Å². The minimum absolute atomic E-state index is 0.435. The Labute approximate surface area is 118 Å². The van der Waals surface area contributed by atoms with E-state index in [1.165, 1.54) is 0 Å². The lowest BCUT2D eigenvalue weighted by atomic mass is 10.0. The Kier molecular flexibility index (Phi) is 3.18. The molecule has 5 heteroatoms. The Bertz CT molecular complexity index is 758. The van der Waals surface area contributed by atoms with Crippen molar-refractivity contribution in [2.75, 3.05) is 0 Å². The van der Waals surface area contributed by atoms with Crippen LogP contribution in [0.25, 0.3) is 21.5 Å². The molecular weight excluding hydrogens is 307 g/mol. The average Bonchev–Trinajstić information content (AvgIpc) is 2.38. The molecule has 0 aliphatic rings. The summed E-state index contributed by atoms with van der Waals surface area (Å²) in [5, 5.41) is 21.9. The predicted molar refractivity (Wildman–Crippen MR) is 80.0 cm³/mol. The van der Waals surface area contributed by atoms with Gasteiger partial charge in [0.25, 0.3) is 0 Å². The highest BCUT2D eigenvalue weighted by Gasteiger charge is 2.16. The lowest BCUT2D eigenvalue weighted by Crippen LogP contribution is -2.20. The first-order valence-electron chi connectivity index (χ1n) is 5.79. The van der Waals surface area contributed by atoms with Gasteiger partial charge in [-0.2, -0.15) is 0 Å². The van der Waals surface area contributed by atoms with Crippen molar-refractivity contribution in [3.63, 3.8) is 0 Å². The van der Waals surface area contributed by atoms with Gasteiger partial charge in [0.15, 0.2) is 0 Å². The number of hydrogen-bond acceptors (Lipinski definition) is 3. The zero-order valence-electron chi connectivity index (χ0n) is 9.88. The van der Waals surface area contributed by atoms with Crippen LogP contribution in [0, 0.1) is 0 Å². The first-order valence-corrected chi connectivity index (χ1v) is 6.59. The third-order valence-electron chi connectivity index (χ3n) is 3.02. The highest BCUT2D eigenvalue weighted by Crippen LogP contribution is 2.38. The van der Waals surface area contributed by atoms with Crippen LogP contribution in [0.1, 0.15) is 0 Å². The molecule has 0 aliphatic carbocycles. The van der Waals surface area contributed by atoms with Gasteiger partial charge in [-0.1, -0.05) is 36.4 Å². The van der Waals surface area contributed by atoms with Crippen LogP contribution in [0.4, 0.5) is 0 Å².